The molecule has 0 fully saturated rings. The van der Waals surface area contributed by atoms with E-state index in [9.17, 15) is 4.79 Å². The molecule has 1 N–H and O–H groups in total. The minimum absolute atomic E-state index is 0.0564. The molecule has 1 aromatic heterocycles. The number of benzene rings is 1. The van der Waals surface area contributed by atoms with Crippen molar-refractivity contribution < 1.29 is 9.53 Å². The maximum Gasteiger partial charge on any atom is 0.264 e. The third-order valence-electron chi connectivity index (χ3n) is 2.69. The van der Waals surface area contributed by atoms with Crippen molar-refractivity contribution in [3.05, 3.63) is 27.7 Å². The highest BCUT2D eigenvalue weighted by molar-refractivity contribution is 9.10. The molecule has 118 valence electrons. The summed E-state index contributed by atoms with van der Waals surface area (Å²) in [4.78, 5) is 11.9. The summed E-state index contributed by atoms with van der Waals surface area (Å²) in [5.41, 5.74) is 1.97. The summed E-state index contributed by atoms with van der Waals surface area (Å²) in [7, 11) is 0. The van der Waals surface area contributed by atoms with Crippen LogP contribution in [0.15, 0.2) is 20.9 Å². The van der Waals surface area contributed by atoms with Crippen LogP contribution in [0.1, 0.15) is 18.1 Å². The number of nitrogens with zero attached hydrogens (tertiary/aromatic N) is 2. The number of carbonyl (C=O) groups excluding carboxylic acids is 1. The summed E-state index contributed by atoms with van der Waals surface area (Å²) in [6.45, 7) is 5.88. The summed E-state index contributed by atoms with van der Waals surface area (Å²) < 4.78 is 7.47. The second kappa shape index (κ2) is 7.94. The lowest BCUT2D eigenvalue weighted by molar-refractivity contribution is -0.118. The number of rotatable bonds is 6. The Hall–Kier alpha value is -1.12. The van der Waals surface area contributed by atoms with Crippen LogP contribution in [0.2, 0.25) is 0 Å². The van der Waals surface area contributed by atoms with Crippen molar-refractivity contribution in [2.45, 2.75) is 25.1 Å². The van der Waals surface area contributed by atoms with Crippen molar-refractivity contribution in [1.82, 2.24) is 10.2 Å². The molecule has 2 rings (SSSR count). The molecule has 1 heterocycles. The maximum absolute atomic E-state index is 11.9. The van der Waals surface area contributed by atoms with Crippen molar-refractivity contribution in [3.8, 4) is 5.75 Å². The third kappa shape index (κ3) is 4.69. The Labute approximate surface area is 146 Å². The van der Waals surface area contributed by atoms with Gasteiger partial charge in [-0.2, -0.15) is 0 Å². The van der Waals surface area contributed by atoms with Gasteiger partial charge in [-0.15, -0.1) is 10.2 Å². The van der Waals surface area contributed by atoms with E-state index in [0.29, 0.717) is 5.13 Å². The molecule has 8 heteroatoms. The van der Waals surface area contributed by atoms with Gasteiger partial charge in [0, 0.05) is 4.47 Å². The van der Waals surface area contributed by atoms with Crippen LogP contribution in [-0.4, -0.2) is 28.5 Å². The van der Waals surface area contributed by atoms with Crippen LogP contribution in [0.5, 0.6) is 5.75 Å². The molecule has 2 aromatic rings. The number of ether oxygens (including phenoxy) is 1. The standard InChI is InChI=1S/C14H16BrN3O2S2/c1-4-21-14-18-17-13(22-14)16-11(19)7-20-12-8(2)5-10(15)6-9(12)3/h5-6H,4,7H2,1-3H3,(H,16,17,19). The first-order valence-electron chi connectivity index (χ1n) is 6.65. The number of halogens is 1. The van der Waals surface area contributed by atoms with E-state index < -0.39 is 0 Å². The van der Waals surface area contributed by atoms with E-state index in [4.69, 9.17) is 4.74 Å². The number of nitrogens with one attached hydrogen (secondary N) is 1. The van der Waals surface area contributed by atoms with Crippen LogP contribution in [0, 0.1) is 13.8 Å². The summed E-state index contributed by atoms with van der Waals surface area (Å²) in [5.74, 6) is 1.41. The second-order valence-corrected chi connectivity index (χ2v) is 7.92. The number of aromatic nitrogens is 2. The van der Waals surface area contributed by atoms with Gasteiger partial charge >= 0.3 is 0 Å². The van der Waals surface area contributed by atoms with Crippen molar-refractivity contribution in [3.63, 3.8) is 0 Å². The number of amides is 1. The van der Waals surface area contributed by atoms with Crippen LogP contribution in [-0.2, 0) is 4.79 Å². The predicted octanol–water partition coefficient (Wildman–Crippen LogP) is 4.05. The number of aryl methyl sites for hydroxylation is 2. The fourth-order valence-electron chi connectivity index (χ4n) is 1.86. The number of thioether (sulfide) groups is 1. The third-order valence-corrected chi connectivity index (χ3v) is 5.01. The van der Waals surface area contributed by atoms with Crippen molar-refractivity contribution in [2.75, 3.05) is 17.7 Å². The summed E-state index contributed by atoms with van der Waals surface area (Å²) in [6.07, 6.45) is 0. The normalized spacial score (nSPS) is 10.5. The van der Waals surface area contributed by atoms with E-state index in [2.05, 4.69) is 31.4 Å². The molecular weight excluding hydrogens is 386 g/mol. The number of carbonyl (C=O) groups is 1. The van der Waals surface area contributed by atoms with E-state index in [1.807, 2.05) is 32.9 Å². The Morgan fingerprint density at radius 1 is 1.36 bits per heavy atom. The van der Waals surface area contributed by atoms with Gasteiger partial charge in [0.25, 0.3) is 5.91 Å². The summed E-state index contributed by atoms with van der Waals surface area (Å²) in [5, 5.41) is 11.1. The summed E-state index contributed by atoms with van der Waals surface area (Å²) >= 11 is 6.40. The monoisotopic (exact) mass is 401 g/mol. The fourth-order valence-corrected chi connectivity index (χ4v) is 4.21. The Morgan fingerprint density at radius 3 is 2.68 bits per heavy atom. The molecule has 0 bridgehead atoms. The van der Waals surface area contributed by atoms with Crippen molar-refractivity contribution >= 4 is 50.1 Å². The molecule has 0 aliphatic carbocycles. The Kier molecular flexibility index (Phi) is 6.22. The molecule has 0 aliphatic heterocycles. The van der Waals surface area contributed by atoms with Crippen molar-refractivity contribution in [1.29, 1.82) is 0 Å². The predicted molar refractivity (Wildman–Crippen MR) is 94.0 cm³/mol. The largest absolute Gasteiger partial charge is 0.483 e. The minimum Gasteiger partial charge on any atom is -0.483 e. The highest BCUT2D eigenvalue weighted by atomic mass is 79.9. The van der Waals surface area contributed by atoms with Gasteiger partial charge in [0.2, 0.25) is 5.13 Å². The zero-order valence-electron chi connectivity index (χ0n) is 12.5. The maximum atomic E-state index is 11.9. The van der Waals surface area contributed by atoms with Gasteiger partial charge in [-0.1, -0.05) is 46.0 Å². The Bertz CT molecular complexity index is 653. The van der Waals surface area contributed by atoms with E-state index >= 15 is 0 Å². The van der Waals surface area contributed by atoms with Gasteiger partial charge < -0.3 is 4.74 Å². The molecular formula is C14H16BrN3O2S2. The molecule has 5 nitrogen and oxygen atoms in total. The number of hydrogen-bond donors (Lipinski definition) is 1. The second-order valence-electron chi connectivity index (χ2n) is 4.51. The van der Waals surface area contributed by atoms with Gasteiger partial charge in [-0.05, 0) is 42.9 Å². The van der Waals surface area contributed by atoms with E-state index in [0.717, 1.165) is 31.4 Å². The van der Waals surface area contributed by atoms with Gasteiger partial charge in [-0.3, -0.25) is 10.1 Å². The SMILES string of the molecule is CCSc1nnc(NC(=O)COc2c(C)cc(Br)cc2C)s1. The molecule has 22 heavy (non-hydrogen) atoms. The van der Waals surface area contributed by atoms with E-state index in [1.54, 1.807) is 11.8 Å². The van der Waals surface area contributed by atoms with E-state index in [1.165, 1.54) is 11.3 Å². The molecule has 0 radical (unpaired) electrons. The Balaban J connectivity index is 1.92. The molecule has 0 saturated heterocycles. The lowest BCUT2D eigenvalue weighted by atomic mass is 10.1. The molecule has 0 saturated carbocycles. The molecule has 0 spiro atoms. The average Bonchev–Trinajstić information content (AvgIpc) is 2.85. The van der Waals surface area contributed by atoms with Crippen LogP contribution >= 0.6 is 39.0 Å². The van der Waals surface area contributed by atoms with Crippen LogP contribution in [0.3, 0.4) is 0 Å². The lowest BCUT2D eigenvalue weighted by Crippen LogP contribution is -2.20. The molecule has 0 atom stereocenters. The Morgan fingerprint density at radius 2 is 2.05 bits per heavy atom. The fraction of sp³-hybridized carbons (Fsp3) is 0.357. The van der Waals surface area contributed by atoms with Gasteiger partial charge in [0.05, 0.1) is 0 Å². The highest BCUT2D eigenvalue weighted by Gasteiger charge is 2.11. The molecule has 1 amide bonds. The smallest absolute Gasteiger partial charge is 0.264 e. The molecule has 1 aromatic carbocycles. The highest BCUT2D eigenvalue weighted by Crippen LogP contribution is 2.27. The van der Waals surface area contributed by atoms with Crippen LogP contribution in [0.4, 0.5) is 5.13 Å². The minimum atomic E-state index is -0.245. The lowest BCUT2D eigenvalue weighted by Gasteiger charge is -2.12. The average molecular weight is 402 g/mol. The zero-order valence-corrected chi connectivity index (χ0v) is 15.7. The molecule has 0 aliphatic rings. The number of hydrogen-bond acceptors (Lipinski definition) is 6. The first-order chi connectivity index (χ1) is 10.5. The van der Waals surface area contributed by atoms with Gasteiger partial charge in [0.15, 0.2) is 10.9 Å². The zero-order chi connectivity index (χ0) is 16.1. The van der Waals surface area contributed by atoms with Crippen LogP contribution < -0.4 is 10.1 Å². The molecule has 0 unspecified atom stereocenters. The quantitative estimate of drug-likeness (QED) is 0.584. The topological polar surface area (TPSA) is 64.1 Å². The van der Waals surface area contributed by atoms with E-state index in [-0.39, 0.29) is 12.5 Å². The van der Waals surface area contributed by atoms with Gasteiger partial charge in [0.1, 0.15) is 5.75 Å². The number of anilines is 1. The first-order valence-corrected chi connectivity index (χ1v) is 9.24. The first kappa shape index (κ1) is 17.2. The van der Waals surface area contributed by atoms with Crippen molar-refractivity contribution in [2.24, 2.45) is 0 Å². The van der Waals surface area contributed by atoms with Gasteiger partial charge in [-0.25, -0.2) is 0 Å². The summed E-state index contributed by atoms with van der Waals surface area (Å²) in [6, 6.07) is 3.92. The van der Waals surface area contributed by atoms with Crippen LogP contribution in [0.25, 0.3) is 0 Å².